The molecule has 0 aliphatic carbocycles. The van der Waals surface area contributed by atoms with E-state index in [1.807, 2.05) is 36.4 Å². The summed E-state index contributed by atoms with van der Waals surface area (Å²) >= 11 is 1.28. The second kappa shape index (κ2) is 6.85. The van der Waals surface area contributed by atoms with Gasteiger partial charge in [0.05, 0.1) is 17.2 Å². The Hall–Kier alpha value is -3.39. The minimum Gasteiger partial charge on any atom is -0.299 e. The average Bonchev–Trinajstić information content (AvgIpc) is 3.13. The molecule has 0 saturated carbocycles. The van der Waals surface area contributed by atoms with Gasteiger partial charge in [-0.15, -0.1) is 10.2 Å². The summed E-state index contributed by atoms with van der Waals surface area (Å²) in [4.78, 5) is 28.6. The van der Waals surface area contributed by atoms with Crippen LogP contribution in [-0.4, -0.2) is 25.7 Å². The van der Waals surface area contributed by atoms with Crippen molar-refractivity contribution in [3.05, 3.63) is 71.1 Å². The van der Waals surface area contributed by atoms with Crippen molar-refractivity contribution in [2.75, 3.05) is 5.32 Å². The number of rotatable bonds is 4. The number of anilines is 1. The van der Waals surface area contributed by atoms with E-state index in [9.17, 15) is 9.59 Å². The molecule has 26 heavy (non-hydrogen) atoms. The highest BCUT2D eigenvalue weighted by Gasteiger charge is 2.12. The van der Waals surface area contributed by atoms with Crippen LogP contribution < -0.4 is 10.9 Å². The van der Waals surface area contributed by atoms with Gasteiger partial charge in [-0.1, -0.05) is 53.8 Å². The van der Waals surface area contributed by atoms with Crippen LogP contribution in [0.25, 0.3) is 21.6 Å². The van der Waals surface area contributed by atoms with Gasteiger partial charge in [0.1, 0.15) is 11.6 Å². The number of aromatic nitrogens is 4. The van der Waals surface area contributed by atoms with E-state index in [4.69, 9.17) is 0 Å². The van der Waals surface area contributed by atoms with Gasteiger partial charge in [0, 0.05) is 5.56 Å². The minimum absolute atomic E-state index is 0.123. The Labute approximate surface area is 152 Å². The molecule has 1 amide bonds. The molecule has 0 unspecified atom stereocenters. The van der Waals surface area contributed by atoms with Gasteiger partial charge in [-0.2, -0.15) is 0 Å². The Kier molecular flexibility index (Phi) is 4.24. The zero-order valence-corrected chi connectivity index (χ0v) is 14.3. The zero-order valence-electron chi connectivity index (χ0n) is 13.5. The lowest BCUT2D eigenvalue weighted by molar-refractivity contribution is -0.116. The highest BCUT2D eigenvalue weighted by molar-refractivity contribution is 7.18. The van der Waals surface area contributed by atoms with Gasteiger partial charge >= 0.3 is 0 Å². The molecule has 0 atom stereocenters. The van der Waals surface area contributed by atoms with E-state index in [1.54, 1.807) is 18.2 Å². The number of fused-ring (bicyclic) bond motifs is 1. The van der Waals surface area contributed by atoms with Gasteiger partial charge in [0.25, 0.3) is 5.56 Å². The summed E-state index contributed by atoms with van der Waals surface area (Å²) in [5.41, 5.74) is 1.86. The lowest BCUT2D eigenvalue weighted by Gasteiger charge is -2.08. The van der Waals surface area contributed by atoms with Crippen molar-refractivity contribution < 1.29 is 4.79 Å². The van der Waals surface area contributed by atoms with Crippen molar-refractivity contribution in [3.63, 3.8) is 0 Å². The standard InChI is InChI=1S/C18H13N5O2S/c24-15(11-23-14-9-5-4-8-13(14)19-10-16(23)25)20-18-22-21-17(26-18)12-6-2-1-3-7-12/h1-10H,11H2,(H,20,22,24). The highest BCUT2D eigenvalue weighted by atomic mass is 32.1. The Morgan fingerprint density at radius 3 is 2.65 bits per heavy atom. The molecule has 0 radical (unpaired) electrons. The molecular weight excluding hydrogens is 350 g/mol. The summed E-state index contributed by atoms with van der Waals surface area (Å²) in [6.45, 7) is -0.123. The van der Waals surface area contributed by atoms with E-state index in [-0.39, 0.29) is 18.0 Å². The van der Waals surface area contributed by atoms with Gasteiger partial charge in [0.2, 0.25) is 11.0 Å². The number of nitrogens with one attached hydrogen (secondary N) is 1. The lowest BCUT2D eigenvalue weighted by atomic mass is 10.2. The predicted molar refractivity (Wildman–Crippen MR) is 100.0 cm³/mol. The van der Waals surface area contributed by atoms with Gasteiger partial charge in [-0.05, 0) is 12.1 Å². The van der Waals surface area contributed by atoms with Gasteiger partial charge in [-0.25, -0.2) is 4.98 Å². The molecule has 7 nitrogen and oxygen atoms in total. The molecule has 8 heteroatoms. The van der Waals surface area contributed by atoms with Crippen molar-refractivity contribution in [1.29, 1.82) is 0 Å². The first-order chi connectivity index (χ1) is 12.7. The third-order valence-corrected chi connectivity index (χ3v) is 4.63. The summed E-state index contributed by atoms with van der Waals surface area (Å²) in [6.07, 6.45) is 1.22. The highest BCUT2D eigenvalue weighted by Crippen LogP contribution is 2.25. The molecule has 2 aromatic heterocycles. The predicted octanol–water partition coefficient (Wildman–Crippen LogP) is 2.55. The Morgan fingerprint density at radius 2 is 1.81 bits per heavy atom. The van der Waals surface area contributed by atoms with E-state index in [0.717, 1.165) is 5.56 Å². The Morgan fingerprint density at radius 1 is 1.04 bits per heavy atom. The molecule has 0 saturated heterocycles. The van der Waals surface area contributed by atoms with Crippen molar-refractivity contribution in [1.82, 2.24) is 19.7 Å². The number of hydrogen-bond donors (Lipinski definition) is 1. The van der Waals surface area contributed by atoms with Crippen LogP contribution in [0.3, 0.4) is 0 Å². The number of amides is 1. The zero-order chi connectivity index (χ0) is 17.9. The molecule has 4 rings (SSSR count). The normalized spacial score (nSPS) is 10.8. The summed E-state index contributed by atoms with van der Waals surface area (Å²) in [5, 5.41) is 11.9. The smallest absolute Gasteiger partial charge is 0.269 e. The van der Waals surface area contributed by atoms with Crippen molar-refractivity contribution >= 4 is 33.4 Å². The first-order valence-electron chi connectivity index (χ1n) is 7.84. The van der Waals surface area contributed by atoms with Crippen molar-refractivity contribution in [2.24, 2.45) is 0 Å². The fourth-order valence-electron chi connectivity index (χ4n) is 2.55. The lowest BCUT2D eigenvalue weighted by Crippen LogP contribution is -2.27. The van der Waals surface area contributed by atoms with E-state index >= 15 is 0 Å². The van der Waals surface area contributed by atoms with Gasteiger partial charge < -0.3 is 0 Å². The summed E-state index contributed by atoms with van der Waals surface area (Å²) in [5.74, 6) is -0.348. The number of carbonyl (C=O) groups is 1. The van der Waals surface area contributed by atoms with Crippen LogP contribution in [-0.2, 0) is 11.3 Å². The summed E-state index contributed by atoms with van der Waals surface area (Å²) in [6, 6.07) is 16.8. The molecule has 0 aliphatic heterocycles. The molecule has 1 N–H and O–H groups in total. The largest absolute Gasteiger partial charge is 0.299 e. The molecule has 4 aromatic rings. The van der Waals surface area contributed by atoms with Crippen LogP contribution in [0.15, 0.2) is 65.6 Å². The van der Waals surface area contributed by atoms with Crippen LogP contribution >= 0.6 is 11.3 Å². The molecular formula is C18H13N5O2S. The van der Waals surface area contributed by atoms with Crippen LogP contribution in [0.1, 0.15) is 0 Å². The molecule has 0 bridgehead atoms. The van der Waals surface area contributed by atoms with E-state index in [0.29, 0.717) is 21.2 Å². The van der Waals surface area contributed by atoms with E-state index < -0.39 is 0 Å². The topological polar surface area (TPSA) is 89.8 Å². The van der Waals surface area contributed by atoms with Gasteiger partial charge in [0.15, 0.2) is 0 Å². The maximum atomic E-state index is 12.4. The monoisotopic (exact) mass is 363 g/mol. The summed E-state index contributed by atoms with van der Waals surface area (Å²) < 4.78 is 1.39. The van der Waals surface area contributed by atoms with Crippen molar-refractivity contribution in [3.8, 4) is 10.6 Å². The molecule has 0 aliphatic rings. The number of hydrogen-bond acceptors (Lipinski definition) is 6. The summed E-state index contributed by atoms with van der Waals surface area (Å²) in [7, 11) is 0. The van der Waals surface area contributed by atoms with Crippen molar-refractivity contribution in [2.45, 2.75) is 6.54 Å². The van der Waals surface area contributed by atoms with Crippen LogP contribution in [0.5, 0.6) is 0 Å². The number of carbonyl (C=O) groups excluding carboxylic acids is 1. The second-order valence-electron chi connectivity index (χ2n) is 5.50. The average molecular weight is 363 g/mol. The third kappa shape index (κ3) is 3.22. The molecule has 0 fully saturated rings. The maximum Gasteiger partial charge on any atom is 0.269 e. The first-order valence-corrected chi connectivity index (χ1v) is 8.66. The fraction of sp³-hybridized carbons (Fsp3) is 0.0556. The SMILES string of the molecule is O=C(Cn1c(=O)cnc2ccccc21)Nc1nnc(-c2ccccc2)s1. The maximum absolute atomic E-state index is 12.4. The van der Waals surface area contributed by atoms with E-state index in [2.05, 4.69) is 20.5 Å². The number of benzene rings is 2. The number of para-hydroxylation sites is 2. The molecule has 2 heterocycles. The number of nitrogens with zero attached hydrogens (tertiary/aromatic N) is 4. The van der Waals surface area contributed by atoms with E-state index in [1.165, 1.54) is 22.1 Å². The molecule has 128 valence electrons. The van der Waals surface area contributed by atoms with Crippen LogP contribution in [0.2, 0.25) is 0 Å². The Bertz CT molecular complexity index is 1140. The quantitative estimate of drug-likeness (QED) is 0.602. The molecule has 2 aromatic carbocycles. The fourth-order valence-corrected chi connectivity index (χ4v) is 3.32. The molecule has 0 spiro atoms. The third-order valence-electron chi connectivity index (χ3n) is 3.75. The Balaban J connectivity index is 1.55. The van der Waals surface area contributed by atoms with Crippen LogP contribution in [0, 0.1) is 0 Å². The first kappa shape index (κ1) is 16.1. The second-order valence-corrected chi connectivity index (χ2v) is 6.48. The van der Waals surface area contributed by atoms with Gasteiger partial charge in [-0.3, -0.25) is 19.5 Å². The van der Waals surface area contributed by atoms with Crippen LogP contribution in [0.4, 0.5) is 5.13 Å². The minimum atomic E-state index is -0.348.